The van der Waals surface area contributed by atoms with Crippen LogP contribution in [0, 0.1) is 5.41 Å². The summed E-state index contributed by atoms with van der Waals surface area (Å²) in [5.74, 6) is 1.05. The van der Waals surface area contributed by atoms with Gasteiger partial charge in [0.1, 0.15) is 11.4 Å². The Kier molecular flexibility index (Phi) is 3.01. The Morgan fingerprint density at radius 2 is 2.30 bits per heavy atom. The molecule has 0 saturated heterocycles. The summed E-state index contributed by atoms with van der Waals surface area (Å²) >= 11 is 0. The molecule has 0 radical (unpaired) electrons. The molecule has 1 aliphatic rings. The average Bonchev–Trinajstić information content (AvgIpc) is 3.05. The minimum Gasteiger partial charge on any atom is -0.453 e. The van der Waals surface area contributed by atoms with Crippen molar-refractivity contribution in [1.29, 1.82) is 0 Å². The van der Waals surface area contributed by atoms with Crippen LogP contribution in [0.2, 0.25) is 0 Å². The zero-order valence-corrected chi connectivity index (χ0v) is 11.7. The Morgan fingerprint density at radius 3 is 2.90 bits per heavy atom. The van der Waals surface area contributed by atoms with Gasteiger partial charge in [0.25, 0.3) is 0 Å². The number of aliphatic hydroxyl groups is 1. The minimum atomic E-state index is -0.0937. The second-order valence-electron chi connectivity index (χ2n) is 5.73. The van der Waals surface area contributed by atoms with Crippen molar-refractivity contribution in [3.05, 3.63) is 24.1 Å². The normalized spacial score (nSPS) is 16.4. The van der Waals surface area contributed by atoms with Gasteiger partial charge in [0.15, 0.2) is 11.5 Å². The first-order chi connectivity index (χ1) is 9.54. The molecule has 2 aromatic heterocycles. The number of nitrogens with zero attached hydrogens (tertiary/aromatic N) is 2. The first-order valence-electron chi connectivity index (χ1n) is 6.76. The number of rotatable bonds is 5. The maximum absolute atomic E-state index is 11.4. The van der Waals surface area contributed by atoms with Gasteiger partial charge >= 0.3 is 0 Å². The van der Waals surface area contributed by atoms with E-state index in [2.05, 4.69) is 4.98 Å². The van der Waals surface area contributed by atoms with Gasteiger partial charge in [0.2, 0.25) is 0 Å². The van der Waals surface area contributed by atoms with E-state index in [4.69, 9.17) is 4.42 Å². The fourth-order valence-corrected chi connectivity index (χ4v) is 2.55. The van der Waals surface area contributed by atoms with Gasteiger partial charge in [-0.3, -0.25) is 4.79 Å². The summed E-state index contributed by atoms with van der Waals surface area (Å²) in [5, 5.41) is 10.3. The topological polar surface area (TPSA) is 66.6 Å². The van der Waals surface area contributed by atoms with Gasteiger partial charge in [0, 0.05) is 32.1 Å². The van der Waals surface area contributed by atoms with Crippen LogP contribution in [0.3, 0.4) is 0 Å². The van der Waals surface area contributed by atoms with Crippen molar-refractivity contribution in [2.75, 3.05) is 25.1 Å². The second-order valence-corrected chi connectivity index (χ2v) is 5.73. The van der Waals surface area contributed by atoms with Crippen molar-refractivity contribution in [2.45, 2.75) is 19.8 Å². The lowest BCUT2D eigenvalue weighted by Crippen LogP contribution is -2.29. The quantitative estimate of drug-likeness (QED) is 0.847. The largest absolute Gasteiger partial charge is 0.453 e. The van der Waals surface area contributed by atoms with Gasteiger partial charge in [-0.05, 0) is 25.0 Å². The van der Waals surface area contributed by atoms with Crippen LogP contribution in [0.4, 0.5) is 5.82 Å². The number of carbonyl (C=O) groups is 1. The van der Waals surface area contributed by atoms with Crippen LogP contribution >= 0.6 is 0 Å². The van der Waals surface area contributed by atoms with Crippen LogP contribution < -0.4 is 4.90 Å². The summed E-state index contributed by atoms with van der Waals surface area (Å²) in [6.07, 6.45) is 3.78. The van der Waals surface area contributed by atoms with Gasteiger partial charge in [-0.1, -0.05) is 0 Å². The third kappa shape index (κ3) is 2.18. The summed E-state index contributed by atoms with van der Waals surface area (Å²) in [6.45, 7) is 2.45. The van der Waals surface area contributed by atoms with E-state index in [-0.39, 0.29) is 17.8 Å². The number of ketones is 1. The number of carbonyl (C=O) groups excluding carboxylic acids is 1. The van der Waals surface area contributed by atoms with E-state index in [0.717, 1.165) is 30.6 Å². The van der Waals surface area contributed by atoms with Gasteiger partial charge in [-0.25, -0.2) is 4.98 Å². The first kappa shape index (κ1) is 13.1. The zero-order chi connectivity index (χ0) is 14.3. The lowest BCUT2D eigenvalue weighted by atomic mass is 10.1. The number of pyridine rings is 1. The van der Waals surface area contributed by atoms with Gasteiger partial charge in [-0.2, -0.15) is 0 Å². The molecule has 2 heterocycles. The molecule has 3 rings (SSSR count). The molecule has 1 aliphatic carbocycles. The number of anilines is 1. The van der Waals surface area contributed by atoms with Crippen molar-refractivity contribution >= 4 is 22.6 Å². The van der Waals surface area contributed by atoms with Crippen LogP contribution in [0.5, 0.6) is 0 Å². The number of Topliss-reactive ketones (excluding diaryl/α,β-unsaturated/α-hetero) is 1. The summed E-state index contributed by atoms with van der Waals surface area (Å²) in [5.41, 5.74) is 0.687. The fraction of sp³-hybridized carbons (Fsp3) is 0.467. The van der Waals surface area contributed by atoms with E-state index in [9.17, 15) is 9.90 Å². The standard InChI is InChI=1S/C15H18N2O3/c1-10(19)13-7-11-12(20-13)3-6-16-14(11)17(2)8-15(9-18)4-5-15/h3,6-7,18H,4-5,8-9H2,1-2H3. The maximum Gasteiger partial charge on any atom is 0.194 e. The molecule has 1 saturated carbocycles. The molecular weight excluding hydrogens is 256 g/mol. The van der Waals surface area contributed by atoms with Crippen molar-refractivity contribution in [3.63, 3.8) is 0 Å². The second kappa shape index (κ2) is 4.59. The molecule has 0 atom stereocenters. The Morgan fingerprint density at radius 1 is 1.55 bits per heavy atom. The van der Waals surface area contributed by atoms with Gasteiger partial charge < -0.3 is 14.4 Å². The highest BCUT2D eigenvalue weighted by atomic mass is 16.3. The van der Waals surface area contributed by atoms with E-state index in [0.29, 0.717) is 11.3 Å². The number of aromatic nitrogens is 1. The summed E-state index contributed by atoms with van der Waals surface area (Å²) in [4.78, 5) is 17.9. The molecule has 5 heteroatoms. The molecule has 20 heavy (non-hydrogen) atoms. The van der Waals surface area contributed by atoms with E-state index in [1.165, 1.54) is 6.92 Å². The maximum atomic E-state index is 11.4. The highest BCUT2D eigenvalue weighted by Gasteiger charge is 2.43. The third-order valence-corrected chi connectivity index (χ3v) is 4.00. The van der Waals surface area contributed by atoms with Gasteiger partial charge in [-0.15, -0.1) is 0 Å². The van der Waals surface area contributed by atoms with E-state index < -0.39 is 0 Å². The van der Waals surface area contributed by atoms with Crippen LogP contribution in [0.25, 0.3) is 11.0 Å². The van der Waals surface area contributed by atoms with Crippen LogP contribution in [0.15, 0.2) is 22.7 Å². The lowest BCUT2D eigenvalue weighted by Gasteiger charge is -2.23. The highest BCUT2D eigenvalue weighted by molar-refractivity contribution is 5.99. The Hall–Kier alpha value is -1.88. The van der Waals surface area contributed by atoms with Gasteiger partial charge in [0.05, 0.1) is 12.0 Å². The SMILES string of the molecule is CC(=O)c1cc2c(N(C)CC3(CO)CC3)nccc2o1. The predicted octanol–water partition coefficient (Wildman–Crippen LogP) is 2.24. The number of fused-ring (bicyclic) bond motifs is 1. The smallest absolute Gasteiger partial charge is 0.194 e. The summed E-state index contributed by atoms with van der Waals surface area (Å²) in [7, 11) is 1.96. The summed E-state index contributed by atoms with van der Waals surface area (Å²) in [6, 6.07) is 3.51. The summed E-state index contributed by atoms with van der Waals surface area (Å²) < 4.78 is 5.53. The monoisotopic (exact) mass is 274 g/mol. The molecule has 5 nitrogen and oxygen atoms in total. The number of hydrogen-bond acceptors (Lipinski definition) is 5. The molecule has 1 fully saturated rings. The Balaban J connectivity index is 1.96. The Labute approximate surface area is 117 Å². The lowest BCUT2D eigenvalue weighted by molar-refractivity contribution is 0.0989. The molecule has 0 amide bonds. The van der Waals surface area contributed by atoms with Crippen molar-refractivity contribution in [1.82, 2.24) is 4.98 Å². The first-order valence-corrected chi connectivity index (χ1v) is 6.76. The van der Waals surface area contributed by atoms with E-state index >= 15 is 0 Å². The van der Waals surface area contributed by atoms with Crippen molar-refractivity contribution < 1.29 is 14.3 Å². The molecule has 0 aliphatic heterocycles. The fourth-order valence-electron chi connectivity index (χ4n) is 2.55. The van der Waals surface area contributed by atoms with E-state index in [1.54, 1.807) is 18.3 Å². The van der Waals surface area contributed by atoms with Crippen LogP contribution in [-0.4, -0.2) is 36.1 Å². The third-order valence-electron chi connectivity index (χ3n) is 4.00. The molecule has 2 aromatic rings. The van der Waals surface area contributed by atoms with Crippen molar-refractivity contribution in [2.24, 2.45) is 5.41 Å². The molecule has 0 aromatic carbocycles. The number of furan rings is 1. The van der Waals surface area contributed by atoms with E-state index in [1.807, 2.05) is 11.9 Å². The number of aliphatic hydroxyl groups excluding tert-OH is 1. The molecule has 0 spiro atoms. The highest BCUT2D eigenvalue weighted by Crippen LogP contribution is 2.46. The number of hydrogen-bond donors (Lipinski definition) is 1. The van der Waals surface area contributed by atoms with Crippen molar-refractivity contribution in [3.8, 4) is 0 Å². The Bertz CT molecular complexity index is 658. The molecule has 1 N–H and O–H groups in total. The van der Waals surface area contributed by atoms with Crippen LogP contribution in [0.1, 0.15) is 30.3 Å². The molecule has 0 unspecified atom stereocenters. The molecule has 106 valence electrons. The average molecular weight is 274 g/mol. The predicted molar refractivity (Wildman–Crippen MR) is 76.0 cm³/mol. The minimum absolute atomic E-state index is 0.0196. The van der Waals surface area contributed by atoms with Crippen LogP contribution in [-0.2, 0) is 0 Å². The zero-order valence-electron chi connectivity index (χ0n) is 11.7. The molecular formula is C15H18N2O3. The molecule has 0 bridgehead atoms.